The van der Waals surface area contributed by atoms with Crippen molar-refractivity contribution in [3.05, 3.63) is 29.8 Å². The van der Waals surface area contributed by atoms with Crippen molar-refractivity contribution in [2.45, 2.75) is 38.1 Å². The van der Waals surface area contributed by atoms with Crippen molar-refractivity contribution in [2.24, 2.45) is 5.73 Å². The van der Waals surface area contributed by atoms with Gasteiger partial charge in [-0.05, 0) is 43.4 Å². The maximum absolute atomic E-state index is 11.2. The van der Waals surface area contributed by atoms with Crippen LogP contribution in [0.3, 0.4) is 0 Å². The minimum atomic E-state index is -0.631. The highest BCUT2D eigenvalue weighted by atomic mass is 16.5. The molecule has 0 bridgehead atoms. The van der Waals surface area contributed by atoms with Gasteiger partial charge in [-0.3, -0.25) is 4.79 Å². The van der Waals surface area contributed by atoms with Crippen LogP contribution in [0.5, 0.6) is 5.75 Å². The molecule has 0 saturated heterocycles. The molecule has 5 nitrogen and oxygen atoms in total. The van der Waals surface area contributed by atoms with Crippen LogP contribution in [-0.2, 0) is 16.0 Å². The molecule has 0 spiro atoms. The van der Waals surface area contributed by atoms with Gasteiger partial charge in [0.2, 0.25) is 0 Å². The Hall–Kier alpha value is -1.59. The van der Waals surface area contributed by atoms with E-state index in [1.54, 1.807) is 0 Å². The van der Waals surface area contributed by atoms with Gasteiger partial charge < -0.3 is 20.3 Å². The first-order chi connectivity index (χ1) is 10.2. The highest BCUT2D eigenvalue weighted by Crippen LogP contribution is 2.14. The van der Waals surface area contributed by atoms with Gasteiger partial charge in [0.1, 0.15) is 11.8 Å². The van der Waals surface area contributed by atoms with Gasteiger partial charge in [0.25, 0.3) is 0 Å². The molecule has 0 amide bonds. The van der Waals surface area contributed by atoms with E-state index in [2.05, 4.69) is 4.74 Å². The number of hydrogen-bond donors (Lipinski definition) is 2. The highest BCUT2D eigenvalue weighted by Gasteiger charge is 2.13. The average molecular weight is 295 g/mol. The maximum atomic E-state index is 11.2. The van der Waals surface area contributed by atoms with Gasteiger partial charge in [-0.1, -0.05) is 18.6 Å². The molecule has 1 unspecified atom stereocenters. The van der Waals surface area contributed by atoms with Crippen molar-refractivity contribution in [2.75, 3.05) is 20.3 Å². The number of methoxy groups -OCH3 is 1. The van der Waals surface area contributed by atoms with Crippen LogP contribution in [-0.4, -0.2) is 37.4 Å². The molecule has 0 aliphatic rings. The summed E-state index contributed by atoms with van der Waals surface area (Å²) in [4.78, 5) is 11.2. The minimum Gasteiger partial charge on any atom is -0.494 e. The Morgan fingerprint density at radius 1 is 1.19 bits per heavy atom. The van der Waals surface area contributed by atoms with Crippen LogP contribution in [0.25, 0.3) is 0 Å². The summed E-state index contributed by atoms with van der Waals surface area (Å²) >= 11 is 0. The number of esters is 1. The van der Waals surface area contributed by atoms with E-state index in [4.69, 9.17) is 15.6 Å². The molecule has 0 saturated carbocycles. The maximum Gasteiger partial charge on any atom is 0.322 e. The summed E-state index contributed by atoms with van der Waals surface area (Å²) < 4.78 is 10.2. The molecule has 0 aliphatic carbocycles. The molecule has 0 fully saturated rings. The molecule has 5 heteroatoms. The van der Waals surface area contributed by atoms with Crippen LogP contribution in [0.15, 0.2) is 24.3 Å². The van der Waals surface area contributed by atoms with Gasteiger partial charge in [0, 0.05) is 6.61 Å². The van der Waals surface area contributed by atoms with Crippen LogP contribution in [0.1, 0.15) is 31.2 Å². The summed E-state index contributed by atoms with van der Waals surface area (Å²) in [6.07, 6.45) is 4.38. The predicted octanol–water partition coefficient (Wildman–Crippen LogP) is 1.66. The zero-order valence-corrected chi connectivity index (χ0v) is 12.6. The molecule has 1 aromatic carbocycles. The van der Waals surface area contributed by atoms with Crippen LogP contribution in [0.2, 0.25) is 0 Å². The summed E-state index contributed by atoms with van der Waals surface area (Å²) in [6.45, 7) is 0.933. The third kappa shape index (κ3) is 7.11. The van der Waals surface area contributed by atoms with Crippen LogP contribution in [0.4, 0.5) is 0 Å². The largest absolute Gasteiger partial charge is 0.494 e. The third-order valence-electron chi connectivity index (χ3n) is 3.20. The number of unbranched alkanes of at least 4 members (excludes halogenated alkanes) is 3. The van der Waals surface area contributed by atoms with Gasteiger partial charge in [0.05, 0.1) is 13.7 Å². The number of nitrogens with two attached hydrogens (primary N) is 1. The van der Waals surface area contributed by atoms with Gasteiger partial charge in [-0.2, -0.15) is 0 Å². The molecule has 1 aromatic rings. The summed E-state index contributed by atoms with van der Waals surface area (Å²) in [5, 5.41) is 8.67. The Bertz CT molecular complexity index is 405. The molecule has 0 aromatic heterocycles. The third-order valence-corrected chi connectivity index (χ3v) is 3.20. The lowest BCUT2D eigenvalue weighted by Gasteiger charge is -2.10. The van der Waals surface area contributed by atoms with Gasteiger partial charge >= 0.3 is 5.97 Å². The number of aliphatic hydroxyl groups is 1. The predicted molar refractivity (Wildman–Crippen MR) is 81.2 cm³/mol. The fraction of sp³-hybridized carbons (Fsp3) is 0.562. The lowest BCUT2D eigenvalue weighted by atomic mass is 10.1. The van der Waals surface area contributed by atoms with E-state index in [1.165, 1.54) is 7.11 Å². The lowest BCUT2D eigenvalue weighted by Crippen LogP contribution is -2.33. The Labute approximate surface area is 126 Å². The molecular weight excluding hydrogens is 270 g/mol. The van der Waals surface area contributed by atoms with Gasteiger partial charge in [-0.25, -0.2) is 0 Å². The van der Waals surface area contributed by atoms with Gasteiger partial charge in [0.15, 0.2) is 0 Å². The second-order valence-corrected chi connectivity index (χ2v) is 4.96. The first-order valence-corrected chi connectivity index (χ1v) is 7.33. The SMILES string of the molecule is COC(=O)C(N)Cc1ccc(OCCCCCCO)cc1. The van der Waals surface area contributed by atoms with E-state index < -0.39 is 12.0 Å². The van der Waals surface area contributed by atoms with Crippen molar-refractivity contribution < 1.29 is 19.4 Å². The summed E-state index contributed by atoms with van der Waals surface area (Å²) in [7, 11) is 1.33. The van der Waals surface area contributed by atoms with E-state index in [1.807, 2.05) is 24.3 Å². The number of hydrogen-bond acceptors (Lipinski definition) is 5. The molecule has 0 heterocycles. The normalized spacial score (nSPS) is 12.0. The second kappa shape index (κ2) is 10.2. The first kappa shape index (κ1) is 17.5. The van der Waals surface area contributed by atoms with E-state index in [9.17, 15) is 4.79 Å². The fourth-order valence-electron chi connectivity index (χ4n) is 1.97. The fourth-order valence-corrected chi connectivity index (χ4v) is 1.97. The Balaban J connectivity index is 2.28. The number of rotatable bonds is 10. The summed E-state index contributed by atoms with van der Waals surface area (Å²) in [6, 6.07) is 6.95. The topological polar surface area (TPSA) is 81.8 Å². The smallest absolute Gasteiger partial charge is 0.322 e. The van der Waals surface area contributed by atoms with Crippen molar-refractivity contribution in [3.63, 3.8) is 0 Å². The minimum absolute atomic E-state index is 0.260. The quantitative estimate of drug-likeness (QED) is 0.507. The molecule has 3 N–H and O–H groups in total. The van der Waals surface area contributed by atoms with Crippen molar-refractivity contribution in [1.29, 1.82) is 0 Å². The molecule has 21 heavy (non-hydrogen) atoms. The monoisotopic (exact) mass is 295 g/mol. The Kier molecular flexibility index (Phi) is 8.47. The van der Waals surface area contributed by atoms with Crippen LogP contribution >= 0.6 is 0 Å². The second-order valence-electron chi connectivity index (χ2n) is 4.96. The van der Waals surface area contributed by atoms with E-state index >= 15 is 0 Å². The van der Waals surface area contributed by atoms with Gasteiger partial charge in [-0.15, -0.1) is 0 Å². The average Bonchev–Trinajstić information content (AvgIpc) is 2.51. The summed E-state index contributed by atoms with van der Waals surface area (Å²) in [5.41, 5.74) is 6.69. The van der Waals surface area contributed by atoms with E-state index in [-0.39, 0.29) is 6.61 Å². The Morgan fingerprint density at radius 3 is 2.48 bits per heavy atom. The molecule has 0 aliphatic heterocycles. The zero-order valence-electron chi connectivity index (χ0n) is 12.6. The van der Waals surface area contributed by atoms with Crippen molar-refractivity contribution in [3.8, 4) is 5.75 Å². The van der Waals surface area contributed by atoms with Crippen LogP contribution in [0, 0.1) is 0 Å². The number of ether oxygens (including phenoxy) is 2. The highest BCUT2D eigenvalue weighted by molar-refractivity contribution is 5.75. The number of carbonyl (C=O) groups is 1. The molecule has 1 rings (SSSR count). The zero-order chi connectivity index (χ0) is 15.5. The van der Waals surface area contributed by atoms with E-state index in [0.717, 1.165) is 37.0 Å². The molecule has 118 valence electrons. The van der Waals surface area contributed by atoms with Crippen molar-refractivity contribution in [1.82, 2.24) is 0 Å². The van der Waals surface area contributed by atoms with Crippen LogP contribution < -0.4 is 10.5 Å². The molecule has 0 radical (unpaired) electrons. The van der Waals surface area contributed by atoms with Crippen molar-refractivity contribution >= 4 is 5.97 Å². The van der Waals surface area contributed by atoms with E-state index in [0.29, 0.717) is 13.0 Å². The molecule has 1 atom stereocenters. The summed E-state index contributed by atoms with van der Waals surface area (Å²) in [5.74, 6) is 0.408. The number of carbonyl (C=O) groups excluding carboxylic acids is 1. The first-order valence-electron chi connectivity index (χ1n) is 7.33. The lowest BCUT2D eigenvalue weighted by molar-refractivity contribution is -0.142. The standard InChI is InChI=1S/C16H25NO4/c1-20-16(19)15(17)12-13-6-8-14(9-7-13)21-11-5-3-2-4-10-18/h6-9,15,18H,2-5,10-12,17H2,1H3. The number of benzene rings is 1. The molecular formula is C16H25NO4. The number of aliphatic hydroxyl groups excluding tert-OH is 1. The Morgan fingerprint density at radius 2 is 1.86 bits per heavy atom.